The Bertz CT molecular complexity index is 661. The number of methoxy groups -OCH3 is 3. The lowest BCUT2D eigenvalue weighted by Gasteiger charge is -2.11. The van der Waals surface area contributed by atoms with Crippen molar-refractivity contribution in [3.63, 3.8) is 0 Å². The van der Waals surface area contributed by atoms with Gasteiger partial charge in [0.2, 0.25) is 0 Å². The lowest BCUT2D eigenvalue weighted by Crippen LogP contribution is -2.05. The molecule has 0 unspecified atom stereocenters. The minimum Gasteiger partial charge on any atom is -0.504 e. The molecule has 0 atom stereocenters. The summed E-state index contributed by atoms with van der Waals surface area (Å²) in [6.45, 7) is 0. The quantitative estimate of drug-likeness (QED) is 0.831. The van der Waals surface area contributed by atoms with Gasteiger partial charge >= 0.3 is 0 Å². The van der Waals surface area contributed by atoms with Crippen LogP contribution in [0.15, 0.2) is 36.4 Å². The normalized spacial score (nSPS) is 10.1. The van der Waals surface area contributed by atoms with Gasteiger partial charge in [-0.25, -0.2) is 0 Å². The number of carbonyl (C=O) groups excluding carboxylic acids is 1. The first-order chi connectivity index (χ1) is 10.6. The Morgan fingerprint density at radius 2 is 1.59 bits per heavy atom. The Balaban J connectivity index is 2.28. The van der Waals surface area contributed by atoms with Crippen LogP contribution in [0.25, 0.3) is 0 Å². The second kappa shape index (κ2) is 6.85. The minimum absolute atomic E-state index is 0.161. The molecular weight excluding hydrogens is 284 g/mol. The zero-order valence-electron chi connectivity index (χ0n) is 12.8. The van der Waals surface area contributed by atoms with Gasteiger partial charge in [0.1, 0.15) is 11.5 Å². The summed E-state index contributed by atoms with van der Waals surface area (Å²) in [5.41, 5.74) is 0.999. The number of phenols is 1. The number of Topliss-reactive ketones (excluding diaryl/α,β-unsaturated/α-hetero) is 1. The molecule has 0 saturated carbocycles. The summed E-state index contributed by atoms with van der Waals surface area (Å²) in [6, 6.07) is 10.2. The standard InChI is InChI=1S/C17H18O5/c1-20-12-6-4-11(5-7-12)8-15(18)14-9-13(21-2)10-16(22-3)17(14)19/h4-7,9-10,19H,8H2,1-3H3. The van der Waals surface area contributed by atoms with Crippen LogP contribution in [0.3, 0.4) is 0 Å². The number of benzene rings is 2. The van der Waals surface area contributed by atoms with Crippen LogP contribution in [0.2, 0.25) is 0 Å². The zero-order chi connectivity index (χ0) is 16.1. The van der Waals surface area contributed by atoms with Gasteiger partial charge in [0.05, 0.1) is 26.9 Å². The molecule has 0 aromatic heterocycles. The number of aromatic hydroxyl groups is 1. The highest BCUT2D eigenvalue weighted by molar-refractivity contribution is 6.01. The molecule has 0 aliphatic rings. The van der Waals surface area contributed by atoms with Crippen molar-refractivity contribution in [2.75, 3.05) is 21.3 Å². The van der Waals surface area contributed by atoms with Crippen LogP contribution in [0, 0.1) is 0 Å². The molecule has 2 rings (SSSR count). The van der Waals surface area contributed by atoms with E-state index in [1.165, 1.54) is 26.4 Å². The molecule has 0 spiro atoms. The van der Waals surface area contributed by atoms with Crippen molar-refractivity contribution in [1.82, 2.24) is 0 Å². The summed E-state index contributed by atoms with van der Waals surface area (Å²) in [6.07, 6.45) is 0.161. The fraction of sp³-hybridized carbons (Fsp3) is 0.235. The minimum atomic E-state index is -0.222. The molecule has 0 heterocycles. The number of carbonyl (C=O) groups is 1. The predicted molar refractivity (Wildman–Crippen MR) is 82.2 cm³/mol. The summed E-state index contributed by atoms with van der Waals surface area (Å²) in [5, 5.41) is 10.1. The highest BCUT2D eigenvalue weighted by Crippen LogP contribution is 2.35. The summed E-state index contributed by atoms with van der Waals surface area (Å²) >= 11 is 0. The van der Waals surface area contributed by atoms with Crippen molar-refractivity contribution in [2.24, 2.45) is 0 Å². The molecule has 0 radical (unpaired) electrons. The summed E-state index contributed by atoms with van der Waals surface area (Å²) in [4.78, 5) is 12.4. The van der Waals surface area contributed by atoms with E-state index in [1.807, 2.05) is 12.1 Å². The number of hydrogen-bond acceptors (Lipinski definition) is 5. The van der Waals surface area contributed by atoms with Gasteiger partial charge in [0.25, 0.3) is 0 Å². The smallest absolute Gasteiger partial charge is 0.171 e. The topological polar surface area (TPSA) is 65.0 Å². The van der Waals surface area contributed by atoms with Crippen molar-refractivity contribution in [3.8, 4) is 23.0 Å². The van der Waals surface area contributed by atoms with E-state index in [-0.39, 0.29) is 29.3 Å². The molecule has 0 fully saturated rings. The molecule has 22 heavy (non-hydrogen) atoms. The van der Waals surface area contributed by atoms with E-state index in [9.17, 15) is 9.90 Å². The van der Waals surface area contributed by atoms with E-state index in [0.717, 1.165) is 11.3 Å². The maximum atomic E-state index is 12.4. The van der Waals surface area contributed by atoms with E-state index < -0.39 is 0 Å². The second-order valence-electron chi connectivity index (χ2n) is 4.67. The molecule has 5 heteroatoms. The number of phenolic OH excluding ortho intramolecular Hbond substituents is 1. The van der Waals surface area contributed by atoms with E-state index in [4.69, 9.17) is 14.2 Å². The van der Waals surface area contributed by atoms with Crippen LogP contribution in [0.5, 0.6) is 23.0 Å². The van der Waals surface area contributed by atoms with Gasteiger partial charge in [-0.1, -0.05) is 12.1 Å². The molecule has 0 amide bonds. The van der Waals surface area contributed by atoms with Crippen molar-refractivity contribution in [3.05, 3.63) is 47.5 Å². The Hall–Kier alpha value is -2.69. The van der Waals surface area contributed by atoms with Crippen LogP contribution in [0.4, 0.5) is 0 Å². The zero-order valence-corrected chi connectivity index (χ0v) is 12.8. The van der Waals surface area contributed by atoms with Crippen molar-refractivity contribution in [1.29, 1.82) is 0 Å². The maximum absolute atomic E-state index is 12.4. The van der Waals surface area contributed by atoms with E-state index in [2.05, 4.69) is 0 Å². The third-order valence-corrected chi connectivity index (χ3v) is 3.33. The highest BCUT2D eigenvalue weighted by atomic mass is 16.5. The summed E-state index contributed by atoms with van der Waals surface area (Å²) in [7, 11) is 4.50. The molecule has 0 saturated heterocycles. The fourth-order valence-electron chi connectivity index (χ4n) is 2.09. The van der Waals surface area contributed by atoms with Gasteiger partial charge in [-0.15, -0.1) is 0 Å². The monoisotopic (exact) mass is 302 g/mol. The average Bonchev–Trinajstić information content (AvgIpc) is 2.55. The Morgan fingerprint density at radius 1 is 0.955 bits per heavy atom. The molecule has 0 aliphatic heterocycles. The molecule has 0 bridgehead atoms. The second-order valence-corrected chi connectivity index (χ2v) is 4.67. The molecule has 2 aromatic rings. The van der Waals surface area contributed by atoms with Crippen LogP contribution in [-0.4, -0.2) is 32.2 Å². The molecule has 1 N–H and O–H groups in total. The third-order valence-electron chi connectivity index (χ3n) is 3.33. The number of hydrogen-bond donors (Lipinski definition) is 1. The molecule has 116 valence electrons. The van der Waals surface area contributed by atoms with Crippen LogP contribution >= 0.6 is 0 Å². The highest BCUT2D eigenvalue weighted by Gasteiger charge is 2.18. The van der Waals surface area contributed by atoms with Crippen molar-refractivity contribution in [2.45, 2.75) is 6.42 Å². The lowest BCUT2D eigenvalue weighted by atomic mass is 10.0. The molecule has 0 aliphatic carbocycles. The number of rotatable bonds is 6. The number of ketones is 1. The Morgan fingerprint density at radius 3 is 2.14 bits per heavy atom. The molecule has 5 nitrogen and oxygen atoms in total. The van der Waals surface area contributed by atoms with Gasteiger partial charge in [-0.05, 0) is 23.8 Å². The van der Waals surface area contributed by atoms with E-state index in [0.29, 0.717) is 5.75 Å². The van der Waals surface area contributed by atoms with Crippen molar-refractivity contribution < 1.29 is 24.1 Å². The van der Waals surface area contributed by atoms with E-state index >= 15 is 0 Å². The van der Waals surface area contributed by atoms with Gasteiger partial charge in [-0.2, -0.15) is 0 Å². The SMILES string of the molecule is COc1ccc(CC(=O)c2cc(OC)cc(OC)c2O)cc1. The Labute approximate surface area is 129 Å². The van der Waals surface area contributed by atoms with Crippen LogP contribution in [-0.2, 0) is 6.42 Å². The van der Waals surface area contributed by atoms with Gasteiger partial charge in [0, 0.05) is 12.5 Å². The van der Waals surface area contributed by atoms with Gasteiger partial charge < -0.3 is 19.3 Å². The third kappa shape index (κ3) is 3.31. The van der Waals surface area contributed by atoms with Crippen molar-refractivity contribution >= 4 is 5.78 Å². The largest absolute Gasteiger partial charge is 0.504 e. The summed E-state index contributed by atoms with van der Waals surface area (Å²) in [5.74, 6) is 0.980. The first-order valence-corrected chi connectivity index (χ1v) is 6.70. The maximum Gasteiger partial charge on any atom is 0.171 e. The lowest BCUT2D eigenvalue weighted by molar-refractivity contribution is 0.0989. The Kier molecular flexibility index (Phi) is 4.88. The first-order valence-electron chi connectivity index (χ1n) is 6.70. The number of ether oxygens (including phenoxy) is 3. The summed E-state index contributed by atoms with van der Waals surface area (Å²) < 4.78 is 15.3. The molecular formula is C17H18O5. The van der Waals surface area contributed by atoms with Crippen LogP contribution < -0.4 is 14.2 Å². The van der Waals surface area contributed by atoms with Crippen LogP contribution in [0.1, 0.15) is 15.9 Å². The van der Waals surface area contributed by atoms with Gasteiger partial charge in [0.15, 0.2) is 17.3 Å². The van der Waals surface area contributed by atoms with E-state index in [1.54, 1.807) is 19.2 Å². The molecule has 2 aromatic carbocycles. The van der Waals surface area contributed by atoms with Gasteiger partial charge in [-0.3, -0.25) is 4.79 Å². The average molecular weight is 302 g/mol. The first kappa shape index (κ1) is 15.7. The predicted octanol–water partition coefficient (Wildman–Crippen LogP) is 2.84. The fourth-order valence-corrected chi connectivity index (χ4v) is 2.09.